The molecule has 0 aromatic heterocycles. The maximum Gasteiger partial charge on any atom is 0.255 e. The molecule has 1 aliphatic rings. The van der Waals surface area contributed by atoms with Crippen LogP contribution in [0.5, 0.6) is 5.75 Å². The van der Waals surface area contributed by atoms with Crippen molar-refractivity contribution in [2.24, 2.45) is 0 Å². The third-order valence-electron chi connectivity index (χ3n) is 4.02. The lowest BCUT2D eigenvalue weighted by Crippen LogP contribution is -2.29. The van der Waals surface area contributed by atoms with Gasteiger partial charge in [-0.2, -0.15) is 0 Å². The molecule has 0 aliphatic carbocycles. The Labute approximate surface area is 150 Å². The zero-order valence-electron chi connectivity index (χ0n) is 13.6. The van der Waals surface area contributed by atoms with Gasteiger partial charge in [0.05, 0.1) is 22.3 Å². The third kappa shape index (κ3) is 3.31. The Morgan fingerprint density at radius 2 is 1.92 bits per heavy atom. The molecule has 0 radical (unpaired) electrons. The average Bonchev–Trinajstić information content (AvgIpc) is 2.87. The number of hydrogen-bond acceptors (Lipinski definition) is 5. The van der Waals surface area contributed by atoms with E-state index in [0.717, 1.165) is 6.08 Å². The number of carbonyl (C=O) groups excluding carboxylic acids is 2. The number of rotatable bonds is 4. The highest BCUT2D eigenvalue weighted by Gasteiger charge is 2.35. The number of fused-ring (bicyclic) bond motifs is 1. The highest BCUT2D eigenvalue weighted by atomic mass is 32.2. The van der Waals surface area contributed by atoms with E-state index in [1.165, 1.54) is 24.3 Å². The maximum absolute atomic E-state index is 12.6. The van der Waals surface area contributed by atoms with Gasteiger partial charge in [-0.25, -0.2) is 8.42 Å². The Bertz CT molecular complexity index is 1010. The molecule has 2 aromatic rings. The van der Waals surface area contributed by atoms with E-state index in [2.05, 4.69) is 17.2 Å². The van der Waals surface area contributed by atoms with Crippen molar-refractivity contribution in [1.29, 1.82) is 0 Å². The third-order valence-corrected chi connectivity index (χ3v) is 5.83. The average molecular weight is 372 g/mol. The van der Waals surface area contributed by atoms with Crippen molar-refractivity contribution in [3.05, 3.63) is 66.2 Å². The standard InChI is InChI=1S/C18H16N2O5S/c1-2-17(22)19-11-7-8-15(21)13(9-11)18(23)20-14-10-26(24,25)16-6-4-3-5-12(14)16/h2-9,14,21H,1,10H2,(H,19,22)(H,20,23). The summed E-state index contributed by atoms with van der Waals surface area (Å²) in [4.78, 5) is 24.1. The fraction of sp³-hybridized carbons (Fsp3) is 0.111. The molecule has 0 saturated heterocycles. The van der Waals surface area contributed by atoms with Gasteiger partial charge in [-0.3, -0.25) is 9.59 Å². The molecule has 0 saturated carbocycles. The number of amides is 2. The lowest BCUT2D eigenvalue weighted by atomic mass is 10.1. The number of hydrogen-bond donors (Lipinski definition) is 3. The van der Waals surface area contributed by atoms with Gasteiger partial charge in [0.1, 0.15) is 5.75 Å². The van der Waals surface area contributed by atoms with Gasteiger partial charge in [-0.15, -0.1) is 0 Å². The summed E-state index contributed by atoms with van der Waals surface area (Å²) in [5, 5.41) is 15.1. The zero-order chi connectivity index (χ0) is 18.9. The van der Waals surface area contributed by atoms with Crippen LogP contribution in [-0.4, -0.2) is 31.1 Å². The summed E-state index contributed by atoms with van der Waals surface area (Å²) in [5.41, 5.74) is 0.738. The van der Waals surface area contributed by atoms with Crippen molar-refractivity contribution < 1.29 is 23.1 Å². The second-order valence-corrected chi connectivity index (χ2v) is 7.77. The largest absolute Gasteiger partial charge is 0.507 e. The van der Waals surface area contributed by atoms with Crippen LogP contribution in [0.3, 0.4) is 0 Å². The number of phenolic OH excluding ortho intramolecular Hbond substituents is 1. The van der Waals surface area contributed by atoms with E-state index in [9.17, 15) is 23.1 Å². The van der Waals surface area contributed by atoms with Gasteiger partial charge < -0.3 is 15.7 Å². The first-order valence-corrected chi connectivity index (χ1v) is 9.36. The van der Waals surface area contributed by atoms with Gasteiger partial charge in [0.25, 0.3) is 5.91 Å². The maximum atomic E-state index is 12.6. The molecular weight excluding hydrogens is 356 g/mol. The number of nitrogens with one attached hydrogen (secondary N) is 2. The molecule has 7 nitrogen and oxygen atoms in total. The quantitative estimate of drug-likeness (QED) is 0.559. The van der Waals surface area contributed by atoms with Gasteiger partial charge in [-0.05, 0) is 35.9 Å². The molecule has 2 amide bonds. The number of anilines is 1. The van der Waals surface area contributed by atoms with Crippen LogP contribution in [-0.2, 0) is 14.6 Å². The van der Waals surface area contributed by atoms with Crippen LogP contribution in [0.2, 0.25) is 0 Å². The molecule has 2 aromatic carbocycles. The smallest absolute Gasteiger partial charge is 0.255 e. The SMILES string of the molecule is C=CC(=O)Nc1ccc(O)c(C(=O)NC2CS(=O)(=O)c3ccccc32)c1. The first-order chi connectivity index (χ1) is 12.3. The summed E-state index contributed by atoms with van der Waals surface area (Å²) >= 11 is 0. The van der Waals surface area contributed by atoms with Crippen LogP contribution < -0.4 is 10.6 Å². The topological polar surface area (TPSA) is 113 Å². The highest BCUT2D eigenvalue weighted by molar-refractivity contribution is 7.91. The van der Waals surface area contributed by atoms with E-state index >= 15 is 0 Å². The normalized spacial score (nSPS) is 17.2. The van der Waals surface area contributed by atoms with Gasteiger partial charge in [0, 0.05) is 5.69 Å². The lowest BCUT2D eigenvalue weighted by molar-refractivity contribution is -0.111. The molecular formula is C18H16N2O5S. The minimum atomic E-state index is -3.47. The second kappa shape index (κ2) is 6.64. The first-order valence-electron chi connectivity index (χ1n) is 7.71. The Morgan fingerprint density at radius 1 is 1.19 bits per heavy atom. The van der Waals surface area contributed by atoms with Crippen molar-refractivity contribution in [2.45, 2.75) is 10.9 Å². The Morgan fingerprint density at radius 3 is 2.65 bits per heavy atom. The summed E-state index contributed by atoms with van der Waals surface area (Å²) in [6.07, 6.45) is 1.08. The van der Waals surface area contributed by atoms with Crippen molar-refractivity contribution in [2.75, 3.05) is 11.1 Å². The highest BCUT2D eigenvalue weighted by Crippen LogP contribution is 2.33. The minimum Gasteiger partial charge on any atom is -0.507 e. The van der Waals surface area contributed by atoms with Crippen molar-refractivity contribution in [3.63, 3.8) is 0 Å². The summed E-state index contributed by atoms with van der Waals surface area (Å²) in [6.45, 7) is 3.34. The van der Waals surface area contributed by atoms with Crippen LogP contribution in [0.1, 0.15) is 22.0 Å². The Kier molecular flexibility index (Phi) is 4.52. The molecule has 0 spiro atoms. The molecule has 0 fully saturated rings. The van der Waals surface area contributed by atoms with Crippen LogP contribution in [0.25, 0.3) is 0 Å². The number of benzene rings is 2. The molecule has 8 heteroatoms. The first kappa shape index (κ1) is 17.7. The molecule has 134 valence electrons. The molecule has 26 heavy (non-hydrogen) atoms. The predicted octanol–water partition coefficient (Wildman–Crippen LogP) is 1.78. The van der Waals surface area contributed by atoms with Crippen LogP contribution in [0.4, 0.5) is 5.69 Å². The van der Waals surface area contributed by atoms with E-state index in [1.54, 1.807) is 18.2 Å². The van der Waals surface area contributed by atoms with E-state index in [0.29, 0.717) is 11.3 Å². The molecule has 1 aliphatic heterocycles. The van der Waals surface area contributed by atoms with E-state index in [1.807, 2.05) is 0 Å². The van der Waals surface area contributed by atoms with E-state index in [4.69, 9.17) is 0 Å². The molecule has 0 bridgehead atoms. The molecule has 1 heterocycles. The van der Waals surface area contributed by atoms with Crippen LogP contribution >= 0.6 is 0 Å². The van der Waals surface area contributed by atoms with Gasteiger partial charge >= 0.3 is 0 Å². The van der Waals surface area contributed by atoms with E-state index in [-0.39, 0.29) is 22.0 Å². The van der Waals surface area contributed by atoms with Gasteiger partial charge in [0.2, 0.25) is 5.91 Å². The van der Waals surface area contributed by atoms with Crippen LogP contribution in [0, 0.1) is 0 Å². The summed E-state index contributed by atoms with van der Waals surface area (Å²) in [7, 11) is -3.47. The lowest BCUT2D eigenvalue weighted by Gasteiger charge is -2.14. The van der Waals surface area contributed by atoms with Gasteiger partial charge in [0.15, 0.2) is 9.84 Å². The minimum absolute atomic E-state index is 0.0753. The Balaban J connectivity index is 1.86. The molecule has 3 N–H and O–H groups in total. The fourth-order valence-corrected chi connectivity index (χ4v) is 4.53. The second-order valence-electron chi connectivity index (χ2n) is 5.77. The fourth-order valence-electron chi connectivity index (χ4n) is 2.79. The van der Waals surface area contributed by atoms with Crippen molar-refractivity contribution in [3.8, 4) is 5.75 Å². The summed E-state index contributed by atoms with van der Waals surface area (Å²) < 4.78 is 24.4. The predicted molar refractivity (Wildman–Crippen MR) is 95.6 cm³/mol. The summed E-state index contributed by atoms with van der Waals surface area (Å²) in [5.74, 6) is -1.63. The molecule has 3 rings (SSSR count). The monoisotopic (exact) mass is 372 g/mol. The zero-order valence-corrected chi connectivity index (χ0v) is 14.4. The van der Waals surface area contributed by atoms with E-state index < -0.39 is 27.7 Å². The Hall–Kier alpha value is -3.13. The van der Waals surface area contributed by atoms with Crippen LogP contribution in [0.15, 0.2) is 60.0 Å². The molecule has 1 unspecified atom stereocenters. The molecule has 1 atom stereocenters. The summed E-state index contributed by atoms with van der Waals surface area (Å²) in [6, 6.07) is 9.76. The van der Waals surface area contributed by atoms with Crippen molar-refractivity contribution in [1.82, 2.24) is 5.32 Å². The van der Waals surface area contributed by atoms with Gasteiger partial charge in [-0.1, -0.05) is 24.8 Å². The number of sulfone groups is 1. The number of aromatic hydroxyl groups is 1. The number of phenols is 1. The van der Waals surface area contributed by atoms with Crippen molar-refractivity contribution >= 4 is 27.3 Å². The number of carbonyl (C=O) groups is 2.